The molecule has 116 valence electrons. The second-order valence-corrected chi connectivity index (χ2v) is 5.16. The van der Waals surface area contributed by atoms with Crippen LogP contribution in [0.3, 0.4) is 0 Å². The first-order valence-corrected chi connectivity index (χ1v) is 7.31. The van der Waals surface area contributed by atoms with E-state index < -0.39 is 0 Å². The van der Waals surface area contributed by atoms with E-state index in [2.05, 4.69) is 0 Å². The molecule has 0 fully saturated rings. The van der Waals surface area contributed by atoms with E-state index in [0.717, 1.165) is 11.1 Å². The van der Waals surface area contributed by atoms with Crippen molar-refractivity contribution in [2.75, 3.05) is 7.11 Å². The molecule has 0 amide bonds. The van der Waals surface area contributed by atoms with Gasteiger partial charge in [-0.25, -0.2) is 0 Å². The fourth-order valence-electron chi connectivity index (χ4n) is 1.95. The van der Waals surface area contributed by atoms with Gasteiger partial charge in [-0.15, -0.1) is 0 Å². The lowest BCUT2D eigenvalue weighted by Gasteiger charge is -2.11. The third-order valence-electron chi connectivity index (χ3n) is 3.12. The second kappa shape index (κ2) is 7.97. The van der Waals surface area contributed by atoms with Gasteiger partial charge in [0, 0.05) is 0 Å². The molecule has 23 heavy (non-hydrogen) atoms. The van der Waals surface area contributed by atoms with E-state index in [-0.39, 0.29) is 10.6 Å². The van der Waals surface area contributed by atoms with Crippen molar-refractivity contribution >= 4 is 23.3 Å². The van der Waals surface area contributed by atoms with Crippen LogP contribution in [0.1, 0.15) is 11.1 Å². The molecule has 0 radical (unpaired) electrons. The smallest absolute Gasteiger partial charge is 0.161 e. The van der Waals surface area contributed by atoms with Gasteiger partial charge in [0.25, 0.3) is 0 Å². The van der Waals surface area contributed by atoms with Crippen molar-refractivity contribution in [1.29, 1.82) is 5.26 Å². The van der Waals surface area contributed by atoms with E-state index in [1.54, 1.807) is 25.3 Å². The van der Waals surface area contributed by atoms with E-state index in [1.807, 2.05) is 42.5 Å². The Bertz CT molecular complexity index is 764. The minimum atomic E-state index is 0.0656. The van der Waals surface area contributed by atoms with Crippen molar-refractivity contribution < 1.29 is 9.47 Å². The zero-order valence-electron chi connectivity index (χ0n) is 12.7. The molecule has 2 aromatic carbocycles. The summed E-state index contributed by atoms with van der Waals surface area (Å²) in [7, 11) is 1.57. The molecule has 4 nitrogen and oxygen atoms in total. The lowest BCUT2D eigenvalue weighted by atomic mass is 10.1. The van der Waals surface area contributed by atoms with Crippen molar-refractivity contribution in [2.24, 2.45) is 5.73 Å². The van der Waals surface area contributed by atoms with E-state index >= 15 is 0 Å². The number of nitrogens with two attached hydrogens (primary N) is 1. The van der Waals surface area contributed by atoms with Crippen LogP contribution in [0.4, 0.5) is 0 Å². The number of nitriles is 1. The van der Waals surface area contributed by atoms with Gasteiger partial charge in [0.15, 0.2) is 11.5 Å². The number of thiocarbonyl (C=S) groups is 1. The van der Waals surface area contributed by atoms with Crippen LogP contribution < -0.4 is 15.2 Å². The van der Waals surface area contributed by atoms with E-state index in [0.29, 0.717) is 18.1 Å². The highest BCUT2D eigenvalue weighted by molar-refractivity contribution is 7.80. The number of hydrogen-bond acceptors (Lipinski definition) is 4. The Morgan fingerprint density at radius 2 is 1.96 bits per heavy atom. The normalized spacial score (nSPS) is 10.7. The summed E-state index contributed by atoms with van der Waals surface area (Å²) < 4.78 is 11.1. The molecule has 0 saturated heterocycles. The molecule has 0 spiro atoms. The predicted octanol–water partition coefficient (Wildman–Crippen LogP) is 3.47. The maximum atomic E-state index is 9.01. The summed E-state index contributed by atoms with van der Waals surface area (Å²) in [5.41, 5.74) is 7.57. The Balaban J connectivity index is 2.20. The van der Waals surface area contributed by atoms with E-state index in [4.69, 9.17) is 32.7 Å². The monoisotopic (exact) mass is 324 g/mol. The maximum absolute atomic E-state index is 9.01. The van der Waals surface area contributed by atoms with E-state index in [1.165, 1.54) is 0 Å². The highest BCUT2D eigenvalue weighted by Gasteiger charge is 2.07. The van der Waals surface area contributed by atoms with Gasteiger partial charge < -0.3 is 15.2 Å². The van der Waals surface area contributed by atoms with Gasteiger partial charge >= 0.3 is 0 Å². The molecule has 0 bridgehead atoms. The zero-order chi connectivity index (χ0) is 16.7. The highest BCUT2D eigenvalue weighted by atomic mass is 32.1. The molecule has 0 aliphatic rings. The molecular weight excluding hydrogens is 308 g/mol. The first-order valence-electron chi connectivity index (χ1n) is 6.90. The summed E-state index contributed by atoms with van der Waals surface area (Å²) in [4.78, 5) is 0.0656. The molecule has 2 rings (SSSR count). The summed E-state index contributed by atoms with van der Waals surface area (Å²) >= 11 is 4.83. The molecule has 0 atom stereocenters. The van der Waals surface area contributed by atoms with Crippen LogP contribution >= 0.6 is 12.2 Å². The zero-order valence-corrected chi connectivity index (χ0v) is 13.5. The number of methoxy groups -OCH3 is 1. The molecule has 5 heteroatoms. The van der Waals surface area contributed by atoms with Gasteiger partial charge in [0.1, 0.15) is 17.7 Å². The van der Waals surface area contributed by atoms with Crippen LogP contribution in [0.2, 0.25) is 0 Å². The number of ether oxygens (including phenoxy) is 2. The third kappa shape index (κ3) is 4.56. The van der Waals surface area contributed by atoms with Gasteiger partial charge in [0.05, 0.1) is 12.7 Å². The molecule has 0 saturated carbocycles. The molecular formula is C18H16N2O2S. The number of benzene rings is 2. The number of nitrogens with zero attached hydrogens (tertiary/aromatic N) is 1. The van der Waals surface area contributed by atoms with Crippen molar-refractivity contribution in [3.8, 4) is 17.6 Å². The molecule has 2 N–H and O–H groups in total. The first kappa shape index (κ1) is 16.5. The maximum Gasteiger partial charge on any atom is 0.161 e. The molecule has 0 aliphatic carbocycles. The summed E-state index contributed by atoms with van der Waals surface area (Å²) in [5.74, 6) is 1.21. The van der Waals surface area contributed by atoms with Crippen LogP contribution in [-0.4, -0.2) is 12.1 Å². The Morgan fingerprint density at radius 1 is 1.22 bits per heavy atom. The van der Waals surface area contributed by atoms with Crippen LogP contribution in [0, 0.1) is 11.3 Å². The first-order chi connectivity index (χ1) is 11.1. The van der Waals surface area contributed by atoms with Crippen LogP contribution in [-0.2, 0) is 6.61 Å². The number of rotatable bonds is 6. The van der Waals surface area contributed by atoms with Crippen molar-refractivity contribution in [1.82, 2.24) is 0 Å². The van der Waals surface area contributed by atoms with Gasteiger partial charge in [-0.3, -0.25) is 0 Å². The summed E-state index contributed by atoms with van der Waals surface area (Å²) in [5, 5.41) is 9.01. The minimum absolute atomic E-state index is 0.0656. The topological polar surface area (TPSA) is 68.3 Å². The minimum Gasteiger partial charge on any atom is -0.493 e. The van der Waals surface area contributed by atoms with Gasteiger partial charge in [-0.05, 0) is 29.3 Å². The van der Waals surface area contributed by atoms with Crippen molar-refractivity contribution in [3.05, 3.63) is 65.2 Å². The molecule has 0 unspecified atom stereocenters. The molecule has 0 heterocycles. The lowest BCUT2D eigenvalue weighted by Crippen LogP contribution is -2.09. The Labute approximate surface area is 140 Å². The highest BCUT2D eigenvalue weighted by Crippen LogP contribution is 2.29. The van der Waals surface area contributed by atoms with Crippen LogP contribution in [0.5, 0.6) is 11.5 Å². The third-order valence-corrected chi connectivity index (χ3v) is 3.34. The SMILES string of the molecule is COc1cc(/C=C(/C#N)C(N)=S)ccc1OCc1ccccc1. The summed E-state index contributed by atoms with van der Waals surface area (Å²) in [6.07, 6.45) is 1.62. The van der Waals surface area contributed by atoms with Crippen molar-refractivity contribution in [2.45, 2.75) is 6.61 Å². The predicted molar refractivity (Wildman–Crippen MR) is 94.1 cm³/mol. The molecule has 2 aromatic rings. The average molecular weight is 324 g/mol. The molecule has 0 aliphatic heterocycles. The largest absolute Gasteiger partial charge is 0.493 e. The summed E-state index contributed by atoms with van der Waals surface area (Å²) in [6, 6.07) is 17.2. The van der Waals surface area contributed by atoms with E-state index in [9.17, 15) is 0 Å². The average Bonchev–Trinajstić information content (AvgIpc) is 2.58. The second-order valence-electron chi connectivity index (χ2n) is 4.72. The van der Waals surface area contributed by atoms with Gasteiger partial charge in [-0.2, -0.15) is 5.26 Å². The van der Waals surface area contributed by atoms with Crippen LogP contribution in [0.15, 0.2) is 54.1 Å². The summed E-state index contributed by atoms with van der Waals surface area (Å²) in [6.45, 7) is 0.447. The standard InChI is InChI=1S/C18H16N2O2S/c1-21-17-10-14(9-15(11-19)18(20)23)7-8-16(17)22-12-13-5-3-2-4-6-13/h2-10H,12H2,1H3,(H2,20,23)/b15-9-. The Morgan fingerprint density at radius 3 is 2.57 bits per heavy atom. The van der Waals surface area contributed by atoms with Crippen molar-refractivity contribution in [3.63, 3.8) is 0 Å². The molecule has 0 aromatic heterocycles. The number of hydrogen-bond donors (Lipinski definition) is 1. The van der Waals surface area contributed by atoms with Gasteiger partial charge in [0.2, 0.25) is 0 Å². The lowest BCUT2D eigenvalue weighted by molar-refractivity contribution is 0.284. The fraction of sp³-hybridized carbons (Fsp3) is 0.111. The fourth-order valence-corrected chi connectivity index (χ4v) is 2.06. The van der Waals surface area contributed by atoms with Gasteiger partial charge in [-0.1, -0.05) is 48.6 Å². The quantitative estimate of drug-likeness (QED) is 0.500. The Hall–Kier alpha value is -2.84. The Kier molecular flexibility index (Phi) is 5.73. The van der Waals surface area contributed by atoms with Crippen LogP contribution in [0.25, 0.3) is 6.08 Å².